The minimum Gasteiger partial charge on any atom is -0.450 e. The first-order valence-electron chi connectivity index (χ1n) is 3.92. The number of carbonyl (C=O) groups is 4. The lowest BCUT2D eigenvalue weighted by Gasteiger charge is -1.72. The molecule has 0 amide bonds. The fourth-order valence-electron chi connectivity index (χ4n) is 0. The van der Waals surface area contributed by atoms with Crippen LogP contribution in [0.4, 0.5) is 19.2 Å². The molecule has 0 atom stereocenters. The maximum Gasteiger partial charge on any atom is 0.503 e. The largest absolute Gasteiger partial charge is 0.503 e. The van der Waals surface area contributed by atoms with Crippen LogP contribution >= 0.6 is 0 Å². The van der Waals surface area contributed by atoms with E-state index < -0.39 is 24.6 Å². The summed E-state index contributed by atoms with van der Waals surface area (Å²) < 4.78 is 0. The van der Waals surface area contributed by atoms with E-state index in [1.54, 1.807) is 0 Å². The van der Waals surface area contributed by atoms with Gasteiger partial charge in [0.05, 0.1) is 0 Å². The van der Waals surface area contributed by atoms with E-state index in [4.69, 9.17) is 71.5 Å². The van der Waals surface area contributed by atoms with Gasteiger partial charge in [-0.1, -0.05) is 0 Å². The molecule has 14 nitrogen and oxygen atoms in total. The molecule has 0 aliphatic heterocycles. The van der Waals surface area contributed by atoms with E-state index in [1.165, 1.54) is 0 Å². The standard InChI is InChI=1S/C2H8N2.4CH2O3/c3-1-2-4;4*2-1(3)4/h1-4H2;4*(H2,2,3,4). The van der Waals surface area contributed by atoms with Crippen molar-refractivity contribution in [2.24, 2.45) is 11.5 Å². The van der Waals surface area contributed by atoms with Gasteiger partial charge in [-0.2, -0.15) is 0 Å². The molecule has 0 aromatic rings. The number of rotatable bonds is 1. The number of hydrogen-bond acceptors (Lipinski definition) is 6. The summed E-state index contributed by atoms with van der Waals surface area (Å²) in [5.74, 6) is 0. The molecule has 0 bridgehead atoms. The summed E-state index contributed by atoms with van der Waals surface area (Å²) in [6, 6.07) is 0. The van der Waals surface area contributed by atoms with Crippen LogP contribution in [0.2, 0.25) is 0 Å². The highest BCUT2D eigenvalue weighted by atomic mass is 16.6. The molecule has 0 fully saturated rings. The first kappa shape index (κ1) is 30.2. The second kappa shape index (κ2) is 29.8. The van der Waals surface area contributed by atoms with Gasteiger partial charge in [0, 0.05) is 13.1 Å². The predicted octanol–water partition coefficient (Wildman–Crippen LogP) is -0.207. The van der Waals surface area contributed by atoms with Crippen LogP contribution in [-0.4, -0.2) is 78.6 Å². The molecular formula is C6H16N2O12. The molecule has 0 aromatic heterocycles. The average Bonchev–Trinajstić information content (AvgIpc) is 2.13. The van der Waals surface area contributed by atoms with Crippen molar-refractivity contribution >= 4 is 24.6 Å². The minimum atomic E-state index is -1.83. The van der Waals surface area contributed by atoms with E-state index >= 15 is 0 Å². The summed E-state index contributed by atoms with van der Waals surface area (Å²) in [7, 11) is 0. The molecule has 122 valence electrons. The predicted molar refractivity (Wildman–Crippen MR) is 60.7 cm³/mol. The summed E-state index contributed by atoms with van der Waals surface area (Å²) in [6.45, 7) is 1.19. The van der Waals surface area contributed by atoms with Crippen LogP contribution in [0.1, 0.15) is 0 Å². The van der Waals surface area contributed by atoms with Crippen LogP contribution < -0.4 is 11.5 Å². The highest BCUT2D eigenvalue weighted by Gasteiger charge is 1.71. The van der Waals surface area contributed by atoms with Crippen molar-refractivity contribution in [2.45, 2.75) is 0 Å². The van der Waals surface area contributed by atoms with Gasteiger partial charge in [0.1, 0.15) is 0 Å². The van der Waals surface area contributed by atoms with E-state index in [9.17, 15) is 0 Å². The summed E-state index contributed by atoms with van der Waals surface area (Å²) in [5, 5.41) is 55.8. The van der Waals surface area contributed by atoms with Crippen LogP contribution in [0.25, 0.3) is 0 Å². The molecule has 14 heteroatoms. The Labute approximate surface area is 110 Å². The van der Waals surface area contributed by atoms with Crippen LogP contribution in [0.5, 0.6) is 0 Å². The van der Waals surface area contributed by atoms with Gasteiger partial charge in [-0.25, -0.2) is 19.2 Å². The Morgan fingerprint density at radius 1 is 0.500 bits per heavy atom. The van der Waals surface area contributed by atoms with E-state index in [0.29, 0.717) is 13.1 Å². The molecule has 20 heavy (non-hydrogen) atoms. The molecule has 0 saturated heterocycles. The van der Waals surface area contributed by atoms with Crippen molar-refractivity contribution in [2.75, 3.05) is 13.1 Å². The molecule has 0 spiro atoms. The molecule has 0 radical (unpaired) electrons. The molecule has 12 N–H and O–H groups in total. The van der Waals surface area contributed by atoms with Crippen LogP contribution in [0.3, 0.4) is 0 Å². The average molecular weight is 308 g/mol. The SMILES string of the molecule is NCCN.O=C(O)O.O=C(O)O.O=C(O)O.O=C(O)O. The van der Waals surface area contributed by atoms with Crippen LogP contribution in [0, 0.1) is 0 Å². The first-order valence-corrected chi connectivity index (χ1v) is 3.92. The normalized spacial score (nSPS) is 6.30. The molecule has 0 unspecified atom stereocenters. The van der Waals surface area contributed by atoms with Gasteiger partial charge in [0.15, 0.2) is 0 Å². The van der Waals surface area contributed by atoms with Crippen LogP contribution in [-0.2, 0) is 0 Å². The first-order chi connectivity index (χ1) is 8.84. The maximum absolute atomic E-state index is 8.56. The maximum atomic E-state index is 8.56. The van der Waals surface area contributed by atoms with Gasteiger partial charge in [0.25, 0.3) is 0 Å². The fourth-order valence-corrected chi connectivity index (χ4v) is 0. The number of nitrogens with two attached hydrogens (primary N) is 2. The number of hydrogen-bond donors (Lipinski definition) is 10. The highest BCUT2D eigenvalue weighted by Crippen LogP contribution is 1.44. The van der Waals surface area contributed by atoms with Gasteiger partial charge < -0.3 is 52.3 Å². The lowest BCUT2D eigenvalue weighted by molar-refractivity contribution is 0.135. The lowest BCUT2D eigenvalue weighted by Crippen LogP contribution is -2.11. The quantitative estimate of drug-likeness (QED) is 0.300. The zero-order chi connectivity index (χ0) is 17.7. The van der Waals surface area contributed by atoms with Gasteiger partial charge in [-0.15, -0.1) is 0 Å². The van der Waals surface area contributed by atoms with E-state index in [1.807, 2.05) is 0 Å². The third kappa shape index (κ3) is 735. The topological polar surface area (TPSA) is 282 Å². The molecule has 0 saturated carbocycles. The zero-order valence-electron chi connectivity index (χ0n) is 9.78. The lowest BCUT2D eigenvalue weighted by atomic mass is 10.7. The Morgan fingerprint density at radius 2 is 0.550 bits per heavy atom. The Balaban J connectivity index is -0.0000000469. The van der Waals surface area contributed by atoms with E-state index in [2.05, 4.69) is 0 Å². The van der Waals surface area contributed by atoms with Crippen molar-refractivity contribution in [3.8, 4) is 0 Å². The van der Waals surface area contributed by atoms with Gasteiger partial charge in [-0.05, 0) is 0 Å². The van der Waals surface area contributed by atoms with Gasteiger partial charge in [0.2, 0.25) is 0 Å². The molecular weight excluding hydrogens is 292 g/mol. The van der Waals surface area contributed by atoms with Crippen molar-refractivity contribution in [3.63, 3.8) is 0 Å². The Hall–Kier alpha value is -3.00. The monoisotopic (exact) mass is 308 g/mol. The second-order valence-electron chi connectivity index (χ2n) is 1.71. The molecule has 0 rings (SSSR count). The van der Waals surface area contributed by atoms with Crippen molar-refractivity contribution in [1.29, 1.82) is 0 Å². The Kier molecular flexibility index (Phi) is 45.0. The molecule has 0 aliphatic carbocycles. The summed E-state index contributed by atoms with van der Waals surface area (Å²) in [6.07, 6.45) is -7.33. The van der Waals surface area contributed by atoms with Crippen LogP contribution in [0.15, 0.2) is 0 Å². The smallest absolute Gasteiger partial charge is 0.450 e. The fraction of sp³-hybridized carbons (Fsp3) is 0.333. The third-order valence-electron chi connectivity index (χ3n) is 0.167. The molecule has 0 aliphatic rings. The molecule has 0 aromatic carbocycles. The summed E-state index contributed by atoms with van der Waals surface area (Å²) >= 11 is 0. The highest BCUT2D eigenvalue weighted by molar-refractivity contribution is 5.54. The second-order valence-corrected chi connectivity index (χ2v) is 1.71. The van der Waals surface area contributed by atoms with Gasteiger partial charge in [-0.3, -0.25) is 0 Å². The number of carboxylic acid groups (broad SMARTS) is 8. The summed E-state index contributed by atoms with van der Waals surface area (Å²) in [5.41, 5.74) is 9.81. The van der Waals surface area contributed by atoms with Gasteiger partial charge >= 0.3 is 24.6 Å². The van der Waals surface area contributed by atoms with E-state index in [0.717, 1.165) is 0 Å². The summed E-state index contributed by atoms with van der Waals surface area (Å²) in [4.78, 5) is 34.2. The minimum absolute atomic E-state index is 0.597. The zero-order valence-corrected chi connectivity index (χ0v) is 9.78. The van der Waals surface area contributed by atoms with Crippen molar-refractivity contribution < 1.29 is 60.0 Å². The van der Waals surface area contributed by atoms with E-state index in [-0.39, 0.29) is 0 Å². The Bertz CT molecular complexity index is 188. The van der Waals surface area contributed by atoms with Crippen molar-refractivity contribution in [1.82, 2.24) is 0 Å². The Morgan fingerprint density at radius 3 is 0.550 bits per heavy atom. The molecule has 0 heterocycles. The third-order valence-corrected chi connectivity index (χ3v) is 0.167. The van der Waals surface area contributed by atoms with Crippen molar-refractivity contribution in [3.05, 3.63) is 0 Å².